The minimum Gasteiger partial charge on any atom is -0.342 e. The second kappa shape index (κ2) is 8.71. The number of benzene rings is 3. The van der Waals surface area contributed by atoms with Gasteiger partial charge in [0.05, 0.1) is 10.6 Å². The third-order valence-electron chi connectivity index (χ3n) is 5.74. The number of aromatic nitrogens is 1. The fourth-order valence-electron chi connectivity index (χ4n) is 4.07. The summed E-state index contributed by atoms with van der Waals surface area (Å²) in [6.07, 6.45) is 3.29. The molecule has 1 aromatic heterocycles. The number of nitrogens with zero attached hydrogens (tertiary/aromatic N) is 3. The Morgan fingerprint density at radius 3 is 2.29 bits per heavy atom. The lowest BCUT2D eigenvalue weighted by Gasteiger charge is -2.26. The molecule has 35 heavy (non-hydrogen) atoms. The zero-order valence-corrected chi connectivity index (χ0v) is 18.3. The Labute approximate surface area is 199 Å². The van der Waals surface area contributed by atoms with Crippen molar-refractivity contribution in [2.45, 2.75) is 6.54 Å². The van der Waals surface area contributed by atoms with Gasteiger partial charge >= 0.3 is 6.03 Å². The van der Waals surface area contributed by atoms with Gasteiger partial charge in [-0.25, -0.2) is 9.69 Å². The molecule has 1 aliphatic heterocycles. The van der Waals surface area contributed by atoms with Crippen molar-refractivity contribution in [3.05, 3.63) is 112 Å². The van der Waals surface area contributed by atoms with E-state index in [2.05, 4.69) is 5.32 Å². The Morgan fingerprint density at radius 2 is 1.57 bits per heavy atom. The van der Waals surface area contributed by atoms with Gasteiger partial charge in [0.15, 0.2) is 0 Å². The smallest absolute Gasteiger partial charge is 0.335 e. The lowest BCUT2D eigenvalue weighted by atomic mass is 10.1. The maximum atomic E-state index is 13.2. The maximum absolute atomic E-state index is 13.2. The van der Waals surface area contributed by atoms with Gasteiger partial charge in [-0.3, -0.25) is 25.0 Å². The molecule has 1 N–H and O–H groups in total. The van der Waals surface area contributed by atoms with Crippen molar-refractivity contribution in [3.63, 3.8) is 0 Å². The first-order valence-electron chi connectivity index (χ1n) is 10.7. The van der Waals surface area contributed by atoms with Crippen molar-refractivity contribution in [2.75, 3.05) is 4.90 Å². The normalized spacial score (nSPS) is 15.0. The number of rotatable bonds is 5. The molecule has 5 rings (SSSR count). The molecule has 172 valence electrons. The lowest BCUT2D eigenvalue weighted by Crippen LogP contribution is -2.54. The molecular formula is C26H18N4O5. The summed E-state index contributed by atoms with van der Waals surface area (Å²) in [4.78, 5) is 49.6. The molecule has 1 aliphatic rings. The number of nitro groups is 1. The summed E-state index contributed by atoms with van der Waals surface area (Å²) in [5.41, 5.74) is 2.54. The first-order chi connectivity index (χ1) is 16.9. The molecular weight excluding hydrogens is 448 g/mol. The number of anilines is 1. The van der Waals surface area contributed by atoms with Gasteiger partial charge in [0.2, 0.25) is 0 Å². The zero-order chi connectivity index (χ0) is 24.5. The number of fused-ring (bicyclic) bond motifs is 1. The molecule has 0 spiro atoms. The summed E-state index contributed by atoms with van der Waals surface area (Å²) in [5, 5.41) is 14.0. The van der Waals surface area contributed by atoms with Crippen LogP contribution in [0.5, 0.6) is 0 Å². The number of nitro benzene ring substituents is 1. The Hall–Kier alpha value is -5.05. The van der Waals surface area contributed by atoms with E-state index in [1.807, 2.05) is 35.0 Å². The molecule has 3 aromatic carbocycles. The lowest BCUT2D eigenvalue weighted by molar-refractivity contribution is -0.384. The van der Waals surface area contributed by atoms with Crippen LogP contribution in [-0.2, 0) is 16.1 Å². The second-order valence-corrected chi connectivity index (χ2v) is 7.95. The van der Waals surface area contributed by atoms with E-state index in [9.17, 15) is 24.5 Å². The molecule has 0 aliphatic carbocycles. The van der Waals surface area contributed by atoms with Crippen LogP contribution >= 0.6 is 0 Å². The van der Waals surface area contributed by atoms with E-state index in [1.54, 1.807) is 42.5 Å². The third-order valence-corrected chi connectivity index (χ3v) is 5.74. The average molecular weight is 466 g/mol. The highest BCUT2D eigenvalue weighted by atomic mass is 16.6. The molecule has 9 heteroatoms. The molecule has 0 saturated carbocycles. The van der Waals surface area contributed by atoms with Crippen LogP contribution in [-0.4, -0.2) is 27.3 Å². The van der Waals surface area contributed by atoms with Crippen molar-refractivity contribution >= 4 is 46.2 Å². The van der Waals surface area contributed by atoms with Gasteiger partial charge in [-0.1, -0.05) is 48.5 Å². The molecule has 0 bridgehead atoms. The average Bonchev–Trinajstić information content (AvgIpc) is 3.20. The summed E-state index contributed by atoms with van der Waals surface area (Å²) in [7, 11) is 0. The van der Waals surface area contributed by atoms with Gasteiger partial charge in [0, 0.05) is 41.3 Å². The fourth-order valence-corrected chi connectivity index (χ4v) is 4.07. The van der Waals surface area contributed by atoms with Crippen molar-refractivity contribution < 1.29 is 19.3 Å². The quantitative estimate of drug-likeness (QED) is 0.204. The van der Waals surface area contributed by atoms with Crippen molar-refractivity contribution in [2.24, 2.45) is 0 Å². The monoisotopic (exact) mass is 466 g/mol. The van der Waals surface area contributed by atoms with Gasteiger partial charge in [-0.05, 0) is 29.8 Å². The highest BCUT2D eigenvalue weighted by Crippen LogP contribution is 2.27. The number of non-ortho nitro benzene ring substituents is 1. The second-order valence-electron chi connectivity index (χ2n) is 7.95. The number of para-hydroxylation sites is 2. The number of carbonyl (C=O) groups is 3. The third kappa shape index (κ3) is 4.06. The SMILES string of the molecule is O=C1NC(=O)N(c2ccccc2)C(=O)/C1=C/c1cn(Cc2ccc([N+](=O)[O-])cc2)c2ccccc12. The number of urea groups is 1. The zero-order valence-electron chi connectivity index (χ0n) is 18.3. The molecule has 0 radical (unpaired) electrons. The summed E-state index contributed by atoms with van der Waals surface area (Å²) in [6, 6.07) is 21.4. The van der Waals surface area contributed by atoms with Crippen LogP contribution in [0, 0.1) is 10.1 Å². The van der Waals surface area contributed by atoms with E-state index < -0.39 is 22.8 Å². The summed E-state index contributed by atoms with van der Waals surface area (Å²) >= 11 is 0. The van der Waals surface area contributed by atoms with Crippen LogP contribution in [0.3, 0.4) is 0 Å². The van der Waals surface area contributed by atoms with Crippen molar-refractivity contribution in [3.8, 4) is 0 Å². The number of amides is 4. The highest BCUT2D eigenvalue weighted by molar-refractivity contribution is 6.39. The summed E-state index contributed by atoms with van der Waals surface area (Å²) in [5.74, 6) is -1.48. The highest BCUT2D eigenvalue weighted by Gasteiger charge is 2.36. The van der Waals surface area contributed by atoms with E-state index in [0.717, 1.165) is 21.4 Å². The van der Waals surface area contributed by atoms with E-state index in [0.29, 0.717) is 17.8 Å². The molecule has 1 saturated heterocycles. The molecule has 9 nitrogen and oxygen atoms in total. The van der Waals surface area contributed by atoms with E-state index in [4.69, 9.17) is 0 Å². The number of barbiturate groups is 1. The van der Waals surface area contributed by atoms with Gasteiger partial charge in [0.1, 0.15) is 5.57 Å². The number of imide groups is 2. The van der Waals surface area contributed by atoms with Gasteiger partial charge < -0.3 is 4.57 Å². The number of hydrogen-bond acceptors (Lipinski definition) is 5. The molecule has 4 amide bonds. The fraction of sp³-hybridized carbons (Fsp3) is 0.0385. The first kappa shape index (κ1) is 21.8. The Kier molecular flexibility index (Phi) is 5.42. The van der Waals surface area contributed by atoms with Crippen molar-refractivity contribution in [1.82, 2.24) is 9.88 Å². The van der Waals surface area contributed by atoms with E-state index in [1.165, 1.54) is 18.2 Å². The molecule has 1 fully saturated rings. The van der Waals surface area contributed by atoms with Crippen LogP contribution in [0.2, 0.25) is 0 Å². The predicted octanol–water partition coefficient (Wildman–Crippen LogP) is 4.26. The Balaban J connectivity index is 1.54. The Morgan fingerprint density at radius 1 is 0.886 bits per heavy atom. The van der Waals surface area contributed by atoms with Crippen LogP contribution in [0.15, 0.2) is 90.6 Å². The van der Waals surface area contributed by atoms with Gasteiger partial charge in [-0.2, -0.15) is 0 Å². The van der Waals surface area contributed by atoms with Crippen LogP contribution < -0.4 is 10.2 Å². The molecule has 4 aromatic rings. The largest absolute Gasteiger partial charge is 0.342 e. The Bertz CT molecular complexity index is 1520. The summed E-state index contributed by atoms with van der Waals surface area (Å²) < 4.78 is 1.94. The van der Waals surface area contributed by atoms with Gasteiger partial charge in [-0.15, -0.1) is 0 Å². The summed E-state index contributed by atoms with van der Waals surface area (Å²) in [6.45, 7) is 0.427. The van der Waals surface area contributed by atoms with Crippen LogP contribution in [0.1, 0.15) is 11.1 Å². The van der Waals surface area contributed by atoms with Crippen molar-refractivity contribution in [1.29, 1.82) is 0 Å². The van der Waals surface area contributed by atoms with E-state index >= 15 is 0 Å². The van der Waals surface area contributed by atoms with Crippen LogP contribution in [0.25, 0.3) is 17.0 Å². The maximum Gasteiger partial charge on any atom is 0.335 e. The molecule has 0 unspecified atom stereocenters. The topological polar surface area (TPSA) is 115 Å². The standard InChI is InChI=1S/C26H18N4O5/c31-24-22(25(32)29(26(33)27-24)19-6-2-1-3-7-19)14-18-16-28(23-9-5-4-8-21(18)23)15-17-10-12-20(13-11-17)30(34)35/h1-14,16H,15H2,(H,27,31,33)/b22-14+. The minimum absolute atomic E-state index is 0.0101. The number of nitrogens with one attached hydrogen (secondary N) is 1. The first-order valence-corrected chi connectivity index (χ1v) is 10.7. The van der Waals surface area contributed by atoms with E-state index in [-0.39, 0.29) is 11.3 Å². The molecule has 2 heterocycles. The number of carbonyl (C=O) groups excluding carboxylic acids is 3. The predicted molar refractivity (Wildman–Crippen MR) is 130 cm³/mol. The number of hydrogen-bond donors (Lipinski definition) is 1. The minimum atomic E-state index is -0.802. The van der Waals surface area contributed by atoms with Gasteiger partial charge in [0.25, 0.3) is 17.5 Å². The van der Waals surface area contributed by atoms with Crippen LogP contribution in [0.4, 0.5) is 16.2 Å². The molecule has 0 atom stereocenters.